The molecule has 0 fully saturated rings. The number of hydrogen-bond donors (Lipinski definition) is 1. The normalized spacial score (nSPS) is 12.3. The van der Waals surface area contributed by atoms with Crippen LogP contribution in [-0.2, 0) is 24.7 Å². The van der Waals surface area contributed by atoms with Gasteiger partial charge in [0.1, 0.15) is 0 Å². The van der Waals surface area contributed by atoms with Crippen molar-refractivity contribution in [1.82, 2.24) is 9.78 Å². The number of carbonyl (C=O) groups excluding carboxylic acids is 1. The van der Waals surface area contributed by atoms with Crippen molar-refractivity contribution in [3.8, 4) is 0 Å². The van der Waals surface area contributed by atoms with Crippen LogP contribution >= 0.6 is 0 Å². The maximum atomic E-state index is 12.0. The summed E-state index contributed by atoms with van der Waals surface area (Å²) in [7, 11) is 1.83. The molecule has 2 N–H and O–H groups in total. The average Bonchev–Trinajstić information content (AvgIpc) is 2.76. The lowest BCUT2D eigenvalue weighted by Gasteiger charge is -2.09. The van der Waals surface area contributed by atoms with Crippen molar-refractivity contribution in [2.24, 2.45) is 12.8 Å². The Balaban J connectivity index is 1.93. The van der Waals surface area contributed by atoms with E-state index in [4.69, 9.17) is 5.73 Å². The Hall–Kier alpha value is -1.94. The highest BCUT2D eigenvalue weighted by molar-refractivity contribution is 5.85. The summed E-state index contributed by atoms with van der Waals surface area (Å²) >= 11 is 0. The van der Waals surface area contributed by atoms with Crippen LogP contribution in [0, 0.1) is 0 Å². The Labute approximate surface area is 106 Å². The molecule has 4 nitrogen and oxygen atoms in total. The van der Waals surface area contributed by atoms with Gasteiger partial charge in [0.15, 0.2) is 5.78 Å². The maximum absolute atomic E-state index is 12.0. The fourth-order valence-corrected chi connectivity index (χ4v) is 1.85. The molecular weight excluding hydrogens is 226 g/mol. The van der Waals surface area contributed by atoms with Crippen LogP contribution in [0.1, 0.15) is 11.3 Å². The molecule has 18 heavy (non-hydrogen) atoms. The fourth-order valence-electron chi connectivity index (χ4n) is 1.85. The van der Waals surface area contributed by atoms with E-state index >= 15 is 0 Å². The Bertz CT molecular complexity index is 519. The number of rotatable bonds is 5. The number of nitrogens with zero attached hydrogens (tertiary/aromatic N) is 2. The number of aromatic nitrogens is 2. The molecule has 94 valence electrons. The van der Waals surface area contributed by atoms with Gasteiger partial charge in [-0.05, 0) is 18.1 Å². The van der Waals surface area contributed by atoms with Gasteiger partial charge in [0.25, 0.3) is 0 Å². The number of carbonyl (C=O) groups is 1. The van der Waals surface area contributed by atoms with Gasteiger partial charge in [-0.25, -0.2) is 0 Å². The number of Topliss-reactive ketones (excluding diaryl/α,β-unsaturated/α-hetero) is 1. The lowest BCUT2D eigenvalue weighted by molar-refractivity contribution is -0.119. The van der Waals surface area contributed by atoms with Gasteiger partial charge in [0.2, 0.25) is 0 Å². The molecule has 1 aromatic carbocycles. The van der Waals surface area contributed by atoms with Crippen LogP contribution < -0.4 is 5.73 Å². The Kier molecular flexibility index (Phi) is 3.89. The van der Waals surface area contributed by atoms with Crippen molar-refractivity contribution in [2.75, 3.05) is 0 Å². The average molecular weight is 243 g/mol. The quantitative estimate of drug-likeness (QED) is 0.855. The van der Waals surface area contributed by atoms with Crippen molar-refractivity contribution in [3.05, 3.63) is 53.9 Å². The predicted molar refractivity (Wildman–Crippen MR) is 70.0 cm³/mol. The fraction of sp³-hybridized carbons (Fsp3) is 0.286. The van der Waals surface area contributed by atoms with Crippen molar-refractivity contribution in [1.29, 1.82) is 0 Å². The molecule has 0 radical (unpaired) electrons. The first-order valence-corrected chi connectivity index (χ1v) is 5.96. The number of nitrogens with two attached hydrogens (primary N) is 1. The second kappa shape index (κ2) is 5.60. The molecule has 4 heteroatoms. The molecule has 1 aromatic heterocycles. The SMILES string of the molecule is Cn1ccc(CC(=O)C(N)Cc2ccccc2)n1. The summed E-state index contributed by atoms with van der Waals surface area (Å²) in [5, 5.41) is 4.18. The minimum Gasteiger partial charge on any atom is -0.321 e. The van der Waals surface area contributed by atoms with Crippen molar-refractivity contribution in [3.63, 3.8) is 0 Å². The minimum absolute atomic E-state index is 0.0255. The third kappa shape index (κ3) is 3.28. The highest BCUT2D eigenvalue weighted by Gasteiger charge is 2.15. The van der Waals surface area contributed by atoms with Crippen LogP contribution in [-0.4, -0.2) is 21.6 Å². The summed E-state index contributed by atoms with van der Waals surface area (Å²) in [6, 6.07) is 11.2. The highest BCUT2D eigenvalue weighted by Crippen LogP contribution is 2.05. The van der Waals surface area contributed by atoms with Crippen LogP contribution in [0.2, 0.25) is 0 Å². The van der Waals surface area contributed by atoms with Gasteiger partial charge in [-0.15, -0.1) is 0 Å². The predicted octanol–water partition coefficient (Wildman–Crippen LogP) is 1.10. The van der Waals surface area contributed by atoms with Crippen LogP contribution in [0.15, 0.2) is 42.6 Å². The summed E-state index contributed by atoms with van der Waals surface area (Å²) in [4.78, 5) is 12.0. The lowest BCUT2D eigenvalue weighted by atomic mass is 10.0. The Morgan fingerprint density at radius 1 is 1.33 bits per heavy atom. The highest BCUT2D eigenvalue weighted by atomic mass is 16.1. The van der Waals surface area contributed by atoms with E-state index < -0.39 is 6.04 Å². The smallest absolute Gasteiger partial charge is 0.155 e. The largest absolute Gasteiger partial charge is 0.321 e. The summed E-state index contributed by atoms with van der Waals surface area (Å²) < 4.78 is 1.69. The second-order valence-corrected chi connectivity index (χ2v) is 4.42. The number of ketones is 1. The van der Waals surface area contributed by atoms with Crippen molar-refractivity contribution < 1.29 is 4.79 Å². The molecule has 1 heterocycles. The molecule has 0 spiro atoms. The van der Waals surface area contributed by atoms with E-state index in [1.54, 1.807) is 4.68 Å². The lowest BCUT2D eigenvalue weighted by Crippen LogP contribution is -2.34. The zero-order valence-electron chi connectivity index (χ0n) is 10.4. The molecule has 2 rings (SSSR count). The maximum Gasteiger partial charge on any atom is 0.155 e. The van der Waals surface area contributed by atoms with Crippen molar-refractivity contribution >= 4 is 5.78 Å². The zero-order chi connectivity index (χ0) is 13.0. The molecule has 0 aliphatic rings. The van der Waals surface area contributed by atoms with Crippen LogP contribution in [0.5, 0.6) is 0 Å². The van der Waals surface area contributed by atoms with E-state index in [1.807, 2.05) is 49.6 Å². The van der Waals surface area contributed by atoms with Gasteiger partial charge in [-0.2, -0.15) is 5.10 Å². The van der Waals surface area contributed by atoms with Gasteiger partial charge in [-0.1, -0.05) is 30.3 Å². The molecule has 0 saturated carbocycles. The second-order valence-electron chi connectivity index (χ2n) is 4.42. The molecule has 0 aliphatic heterocycles. The van der Waals surface area contributed by atoms with Gasteiger partial charge in [0, 0.05) is 13.2 Å². The van der Waals surface area contributed by atoms with Crippen molar-refractivity contribution in [2.45, 2.75) is 18.9 Å². The molecule has 0 bridgehead atoms. The Morgan fingerprint density at radius 2 is 2.06 bits per heavy atom. The first-order chi connectivity index (χ1) is 8.65. The van der Waals surface area contributed by atoms with E-state index in [-0.39, 0.29) is 5.78 Å². The van der Waals surface area contributed by atoms with E-state index in [0.29, 0.717) is 12.8 Å². The molecule has 2 aromatic rings. The van der Waals surface area contributed by atoms with Gasteiger partial charge < -0.3 is 5.73 Å². The topological polar surface area (TPSA) is 60.9 Å². The monoisotopic (exact) mass is 243 g/mol. The zero-order valence-corrected chi connectivity index (χ0v) is 10.4. The molecule has 0 amide bonds. The first kappa shape index (κ1) is 12.5. The summed E-state index contributed by atoms with van der Waals surface area (Å²) in [6.07, 6.45) is 2.70. The minimum atomic E-state index is -0.464. The third-order valence-corrected chi connectivity index (χ3v) is 2.84. The standard InChI is InChI=1S/C14H17N3O/c1-17-8-7-12(16-17)10-14(18)13(15)9-11-5-3-2-4-6-11/h2-8,13H,9-10,15H2,1H3. The molecule has 1 atom stereocenters. The first-order valence-electron chi connectivity index (χ1n) is 5.96. The van der Waals surface area contributed by atoms with E-state index in [2.05, 4.69) is 5.10 Å². The summed E-state index contributed by atoms with van der Waals surface area (Å²) in [5.74, 6) is 0.0255. The molecule has 0 aliphatic carbocycles. The molecule has 1 unspecified atom stereocenters. The van der Waals surface area contributed by atoms with Gasteiger partial charge in [0.05, 0.1) is 18.2 Å². The summed E-state index contributed by atoms with van der Waals surface area (Å²) in [6.45, 7) is 0. The van der Waals surface area contributed by atoms with Crippen LogP contribution in [0.25, 0.3) is 0 Å². The van der Waals surface area contributed by atoms with E-state index in [9.17, 15) is 4.79 Å². The Morgan fingerprint density at radius 3 is 2.67 bits per heavy atom. The number of aryl methyl sites for hydroxylation is 1. The van der Waals surface area contributed by atoms with Gasteiger partial charge in [-0.3, -0.25) is 9.48 Å². The molecular formula is C14H17N3O. The third-order valence-electron chi connectivity index (χ3n) is 2.84. The van der Waals surface area contributed by atoms with Crippen LogP contribution in [0.4, 0.5) is 0 Å². The number of benzene rings is 1. The van der Waals surface area contributed by atoms with Gasteiger partial charge >= 0.3 is 0 Å². The summed E-state index contributed by atoms with van der Waals surface area (Å²) in [5.41, 5.74) is 7.77. The van der Waals surface area contributed by atoms with E-state index in [1.165, 1.54) is 0 Å². The number of hydrogen-bond acceptors (Lipinski definition) is 3. The van der Waals surface area contributed by atoms with Crippen LogP contribution in [0.3, 0.4) is 0 Å². The molecule has 0 saturated heterocycles. The van der Waals surface area contributed by atoms with E-state index in [0.717, 1.165) is 11.3 Å².